The van der Waals surface area contributed by atoms with Gasteiger partial charge in [-0.2, -0.15) is 0 Å². The van der Waals surface area contributed by atoms with Gasteiger partial charge in [0.1, 0.15) is 34.2 Å². The van der Waals surface area contributed by atoms with Crippen molar-refractivity contribution in [3.05, 3.63) is 47.5 Å². The summed E-state index contributed by atoms with van der Waals surface area (Å²) in [5.74, 6) is 3.58. The molecule has 2 aromatic rings. The van der Waals surface area contributed by atoms with E-state index in [1.165, 1.54) is 11.1 Å². The fourth-order valence-electron chi connectivity index (χ4n) is 5.83. The normalized spacial score (nSPS) is 21.1. The molecule has 3 aliphatic heterocycles. The lowest BCUT2D eigenvalue weighted by Crippen LogP contribution is -2.35. The lowest BCUT2D eigenvalue weighted by Gasteiger charge is -2.39. The van der Waals surface area contributed by atoms with E-state index in [1.807, 2.05) is 29.2 Å². The van der Waals surface area contributed by atoms with Gasteiger partial charge in [-0.05, 0) is 88.8 Å². The molecule has 0 aromatic heterocycles. The zero-order chi connectivity index (χ0) is 26.9. The number of likely N-dealkylation sites (tertiary alicyclic amines) is 1. The number of rotatable bonds is 7. The summed E-state index contributed by atoms with van der Waals surface area (Å²) in [6.07, 6.45) is 6.20. The van der Waals surface area contributed by atoms with E-state index in [1.54, 1.807) is 7.11 Å². The number of ether oxygens (including phenoxy) is 4. The maximum Gasteiger partial charge on any atom is 0.222 e. The number of nitrogens with zero attached hydrogens (tertiary/aromatic N) is 1. The van der Waals surface area contributed by atoms with Crippen LogP contribution in [0.2, 0.25) is 0 Å². The van der Waals surface area contributed by atoms with Gasteiger partial charge in [-0.3, -0.25) is 4.79 Å². The van der Waals surface area contributed by atoms with E-state index in [4.69, 9.17) is 18.9 Å². The molecular weight excluding hydrogens is 478 g/mol. The van der Waals surface area contributed by atoms with Gasteiger partial charge in [-0.15, -0.1) is 0 Å². The molecule has 5 rings (SSSR count). The van der Waals surface area contributed by atoms with Gasteiger partial charge in [-0.1, -0.05) is 0 Å². The van der Waals surface area contributed by atoms with Crippen LogP contribution < -0.4 is 18.9 Å². The molecular formula is C32H41NO5. The summed E-state index contributed by atoms with van der Waals surface area (Å²) < 4.78 is 24.4. The quantitative estimate of drug-likeness (QED) is 0.373. The van der Waals surface area contributed by atoms with Crippen molar-refractivity contribution in [2.45, 2.75) is 83.8 Å². The minimum atomic E-state index is -0.348. The highest BCUT2D eigenvalue weighted by Crippen LogP contribution is 2.50. The SMILES string of the molecule is COc1ccc2c(c1)OC(C)(C)C/C2=C1/CC(C)(C)Oc2cc(OCCCCC(=O)N3CCCC3)ccc21. The van der Waals surface area contributed by atoms with Gasteiger partial charge in [0.25, 0.3) is 0 Å². The van der Waals surface area contributed by atoms with Crippen molar-refractivity contribution in [3.63, 3.8) is 0 Å². The summed E-state index contributed by atoms with van der Waals surface area (Å²) >= 11 is 0. The smallest absolute Gasteiger partial charge is 0.222 e. The monoisotopic (exact) mass is 519 g/mol. The van der Waals surface area contributed by atoms with Crippen LogP contribution in [0.1, 0.15) is 83.8 Å². The summed E-state index contributed by atoms with van der Waals surface area (Å²) in [4.78, 5) is 14.3. The van der Waals surface area contributed by atoms with Gasteiger partial charge in [0, 0.05) is 55.6 Å². The van der Waals surface area contributed by atoms with Gasteiger partial charge in [0.15, 0.2) is 0 Å². The molecule has 38 heavy (non-hydrogen) atoms. The van der Waals surface area contributed by atoms with Crippen molar-refractivity contribution in [1.82, 2.24) is 4.90 Å². The van der Waals surface area contributed by atoms with Crippen LogP contribution in [0.5, 0.6) is 23.0 Å². The minimum absolute atomic E-state index is 0.281. The van der Waals surface area contributed by atoms with E-state index in [0.29, 0.717) is 13.0 Å². The van der Waals surface area contributed by atoms with Gasteiger partial charge in [0.2, 0.25) is 5.91 Å². The van der Waals surface area contributed by atoms with Crippen LogP contribution in [0.25, 0.3) is 11.1 Å². The number of hydrogen-bond donors (Lipinski definition) is 0. The third-order valence-electron chi connectivity index (χ3n) is 7.65. The van der Waals surface area contributed by atoms with Gasteiger partial charge in [0.05, 0.1) is 13.7 Å². The zero-order valence-corrected chi connectivity index (χ0v) is 23.5. The predicted octanol–water partition coefficient (Wildman–Crippen LogP) is 6.90. The highest BCUT2D eigenvalue weighted by atomic mass is 16.5. The molecule has 0 aliphatic carbocycles. The van der Waals surface area contributed by atoms with Crippen LogP contribution in [0.15, 0.2) is 36.4 Å². The summed E-state index contributed by atoms with van der Waals surface area (Å²) in [6.45, 7) is 11.0. The van der Waals surface area contributed by atoms with Crippen LogP contribution in [-0.2, 0) is 4.79 Å². The van der Waals surface area contributed by atoms with Crippen LogP contribution in [-0.4, -0.2) is 48.8 Å². The van der Waals surface area contributed by atoms with Crippen molar-refractivity contribution >= 4 is 17.1 Å². The highest BCUT2D eigenvalue weighted by Gasteiger charge is 2.37. The first-order chi connectivity index (χ1) is 18.1. The molecule has 0 bridgehead atoms. The Morgan fingerprint density at radius 2 is 1.39 bits per heavy atom. The number of fused-ring (bicyclic) bond motifs is 2. The number of carbonyl (C=O) groups excluding carboxylic acids is 1. The first-order valence-corrected chi connectivity index (χ1v) is 14.0. The topological polar surface area (TPSA) is 57.2 Å². The van der Waals surface area contributed by atoms with E-state index in [0.717, 1.165) is 85.7 Å². The number of unbranched alkanes of at least 4 members (excludes halogenated alkanes) is 1. The molecule has 6 heteroatoms. The molecule has 1 amide bonds. The molecule has 0 saturated carbocycles. The van der Waals surface area contributed by atoms with Crippen LogP contribution in [0.4, 0.5) is 0 Å². The van der Waals surface area contributed by atoms with E-state index >= 15 is 0 Å². The largest absolute Gasteiger partial charge is 0.497 e. The van der Waals surface area contributed by atoms with Crippen LogP contribution in [0, 0.1) is 0 Å². The second-order valence-corrected chi connectivity index (χ2v) is 11.9. The average Bonchev–Trinajstić information content (AvgIpc) is 3.41. The van der Waals surface area contributed by atoms with Crippen molar-refractivity contribution in [2.24, 2.45) is 0 Å². The fraction of sp³-hybridized carbons (Fsp3) is 0.531. The predicted molar refractivity (Wildman–Crippen MR) is 150 cm³/mol. The number of methoxy groups -OCH3 is 1. The third-order valence-corrected chi connectivity index (χ3v) is 7.65. The van der Waals surface area contributed by atoms with Gasteiger partial charge >= 0.3 is 0 Å². The number of hydrogen-bond acceptors (Lipinski definition) is 5. The Morgan fingerprint density at radius 3 is 1.97 bits per heavy atom. The Bertz CT molecular complexity index is 1220. The summed E-state index contributed by atoms with van der Waals surface area (Å²) in [5, 5.41) is 0. The molecule has 0 N–H and O–H groups in total. The maximum atomic E-state index is 12.3. The lowest BCUT2D eigenvalue weighted by atomic mass is 9.79. The number of benzene rings is 2. The molecule has 0 unspecified atom stereocenters. The molecule has 6 nitrogen and oxygen atoms in total. The highest BCUT2D eigenvalue weighted by molar-refractivity contribution is 5.96. The number of amides is 1. The van der Waals surface area contributed by atoms with Crippen LogP contribution >= 0.6 is 0 Å². The molecule has 0 spiro atoms. The first kappa shape index (κ1) is 26.5. The Morgan fingerprint density at radius 1 is 0.842 bits per heavy atom. The summed E-state index contributed by atoms with van der Waals surface area (Å²) in [5.41, 5.74) is 4.15. The lowest BCUT2D eigenvalue weighted by molar-refractivity contribution is -0.130. The molecule has 0 radical (unpaired) electrons. The third kappa shape index (κ3) is 5.79. The Labute approximate surface area is 226 Å². The summed E-state index contributed by atoms with van der Waals surface area (Å²) in [7, 11) is 1.68. The van der Waals surface area contributed by atoms with Crippen molar-refractivity contribution in [3.8, 4) is 23.0 Å². The van der Waals surface area contributed by atoms with Crippen molar-refractivity contribution < 1.29 is 23.7 Å². The van der Waals surface area contributed by atoms with Crippen molar-refractivity contribution in [2.75, 3.05) is 26.8 Å². The van der Waals surface area contributed by atoms with Crippen LogP contribution in [0.3, 0.4) is 0 Å². The van der Waals surface area contributed by atoms with Crippen molar-refractivity contribution in [1.29, 1.82) is 0 Å². The molecule has 2 aromatic carbocycles. The molecule has 0 atom stereocenters. The van der Waals surface area contributed by atoms with Gasteiger partial charge < -0.3 is 23.8 Å². The van der Waals surface area contributed by atoms with E-state index in [2.05, 4.69) is 39.8 Å². The molecule has 1 saturated heterocycles. The second-order valence-electron chi connectivity index (χ2n) is 11.9. The first-order valence-electron chi connectivity index (χ1n) is 14.0. The fourth-order valence-corrected chi connectivity index (χ4v) is 5.83. The van der Waals surface area contributed by atoms with E-state index in [9.17, 15) is 4.79 Å². The maximum absolute atomic E-state index is 12.3. The number of carbonyl (C=O) groups is 1. The van der Waals surface area contributed by atoms with E-state index < -0.39 is 0 Å². The Kier molecular flexibility index (Phi) is 7.34. The standard InChI is InChI=1S/C32H41NO5/c1-31(2)20-26(24-13-11-22(35-5)18-28(24)37-31)27-21-32(3,4)38-29-19-23(12-14-25(27)29)36-17-9-6-10-30(34)33-15-7-8-16-33/h11-14,18-19H,6-10,15-17,20-21H2,1-5H3/b27-26+. The average molecular weight is 520 g/mol. The Hall–Kier alpha value is -3.15. The van der Waals surface area contributed by atoms with E-state index in [-0.39, 0.29) is 17.1 Å². The molecule has 204 valence electrons. The Balaban J connectivity index is 1.35. The zero-order valence-electron chi connectivity index (χ0n) is 23.5. The molecule has 1 fully saturated rings. The molecule has 3 aliphatic rings. The molecule has 3 heterocycles. The minimum Gasteiger partial charge on any atom is -0.497 e. The van der Waals surface area contributed by atoms with Gasteiger partial charge in [-0.25, -0.2) is 0 Å². The second kappa shape index (κ2) is 10.5. The summed E-state index contributed by atoms with van der Waals surface area (Å²) in [6, 6.07) is 12.3.